The Kier molecular flexibility index (Phi) is 4.75. The van der Waals surface area contributed by atoms with Crippen LogP contribution < -0.4 is 15.0 Å². The van der Waals surface area contributed by atoms with Gasteiger partial charge in [-0.05, 0) is 49.6 Å². The Morgan fingerprint density at radius 2 is 2.07 bits per heavy atom. The lowest BCUT2D eigenvalue weighted by molar-refractivity contribution is 0.0922. The maximum Gasteiger partial charge on any atom is 0.287 e. The quantitative estimate of drug-likeness (QED) is 0.743. The van der Waals surface area contributed by atoms with Crippen molar-refractivity contribution >= 4 is 22.6 Å². The van der Waals surface area contributed by atoms with Gasteiger partial charge in [0, 0.05) is 36.3 Å². The Bertz CT molecular complexity index is 949. The predicted octanol–water partition coefficient (Wildman–Crippen LogP) is 4.01. The van der Waals surface area contributed by atoms with Gasteiger partial charge in [0.25, 0.3) is 5.91 Å². The Labute approximate surface area is 158 Å². The fraction of sp³-hybridized carbons (Fsp3) is 0.318. The van der Waals surface area contributed by atoms with Gasteiger partial charge in [-0.1, -0.05) is 18.2 Å². The number of methoxy groups -OCH3 is 1. The van der Waals surface area contributed by atoms with E-state index in [1.165, 1.54) is 5.69 Å². The first-order valence-corrected chi connectivity index (χ1v) is 9.31. The second kappa shape index (κ2) is 7.35. The number of carbonyl (C=O) groups is 1. The second-order valence-electron chi connectivity index (χ2n) is 7.06. The molecule has 1 N–H and O–H groups in total. The maximum atomic E-state index is 12.6. The highest BCUT2D eigenvalue weighted by Crippen LogP contribution is 2.29. The highest BCUT2D eigenvalue weighted by molar-refractivity contribution is 5.99. The first kappa shape index (κ1) is 17.5. The molecule has 0 bridgehead atoms. The molecule has 0 saturated carbocycles. The van der Waals surface area contributed by atoms with E-state index in [1.54, 1.807) is 7.11 Å². The molecule has 2 heterocycles. The summed E-state index contributed by atoms with van der Waals surface area (Å²) in [5.41, 5.74) is 2.79. The van der Waals surface area contributed by atoms with Gasteiger partial charge < -0.3 is 19.4 Å². The molecule has 1 unspecified atom stereocenters. The Morgan fingerprint density at radius 1 is 1.26 bits per heavy atom. The third-order valence-electron chi connectivity index (χ3n) is 5.31. The van der Waals surface area contributed by atoms with E-state index in [9.17, 15) is 4.79 Å². The molecule has 1 amide bonds. The standard InChI is InChI=1S/C22H24N2O3/c1-15-19-12-18(26-2)8-9-20(19)27-21(15)22(25)23-13-16-10-11-24(14-16)17-6-4-3-5-7-17/h3-9,12,16H,10-11,13-14H2,1-2H3,(H,23,25). The molecule has 4 rings (SSSR count). The number of hydrogen-bond donors (Lipinski definition) is 1. The van der Waals surface area contributed by atoms with Crippen LogP contribution in [0.15, 0.2) is 52.9 Å². The summed E-state index contributed by atoms with van der Waals surface area (Å²) >= 11 is 0. The number of nitrogens with zero attached hydrogens (tertiary/aromatic N) is 1. The minimum absolute atomic E-state index is 0.152. The number of furan rings is 1. The third-order valence-corrected chi connectivity index (χ3v) is 5.31. The van der Waals surface area contributed by atoms with E-state index < -0.39 is 0 Å². The van der Waals surface area contributed by atoms with Crippen molar-refractivity contribution in [3.63, 3.8) is 0 Å². The van der Waals surface area contributed by atoms with Crippen molar-refractivity contribution in [1.29, 1.82) is 0 Å². The van der Waals surface area contributed by atoms with E-state index in [4.69, 9.17) is 9.15 Å². The highest BCUT2D eigenvalue weighted by Gasteiger charge is 2.24. The summed E-state index contributed by atoms with van der Waals surface area (Å²) in [6, 6.07) is 16.0. The summed E-state index contributed by atoms with van der Waals surface area (Å²) in [6.07, 6.45) is 1.07. The summed E-state index contributed by atoms with van der Waals surface area (Å²) in [7, 11) is 1.63. The van der Waals surface area contributed by atoms with E-state index in [0.717, 1.165) is 36.2 Å². The number of nitrogens with one attached hydrogen (secondary N) is 1. The lowest BCUT2D eigenvalue weighted by Crippen LogP contribution is -2.31. The average molecular weight is 364 g/mol. The second-order valence-corrected chi connectivity index (χ2v) is 7.06. The van der Waals surface area contributed by atoms with E-state index in [-0.39, 0.29) is 5.91 Å². The average Bonchev–Trinajstić information content (AvgIpc) is 3.31. The first-order chi connectivity index (χ1) is 13.2. The van der Waals surface area contributed by atoms with Crippen molar-refractivity contribution in [3.05, 3.63) is 59.9 Å². The molecule has 27 heavy (non-hydrogen) atoms. The number of amides is 1. The molecule has 1 atom stereocenters. The van der Waals surface area contributed by atoms with Gasteiger partial charge in [0.1, 0.15) is 11.3 Å². The van der Waals surface area contributed by atoms with Crippen LogP contribution >= 0.6 is 0 Å². The van der Waals surface area contributed by atoms with Crippen LogP contribution in [0.2, 0.25) is 0 Å². The number of carbonyl (C=O) groups excluding carboxylic acids is 1. The number of para-hydroxylation sites is 1. The molecule has 3 aromatic rings. The highest BCUT2D eigenvalue weighted by atomic mass is 16.5. The minimum Gasteiger partial charge on any atom is -0.497 e. The van der Waals surface area contributed by atoms with Gasteiger partial charge >= 0.3 is 0 Å². The summed E-state index contributed by atoms with van der Waals surface area (Å²) in [5, 5.41) is 3.97. The lowest BCUT2D eigenvalue weighted by Gasteiger charge is -2.18. The summed E-state index contributed by atoms with van der Waals surface area (Å²) in [6.45, 7) is 4.55. The summed E-state index contributed by atoms with van der Waals surface area (Å²) in [5.74, 6) is 1.43. The Balaban J connectivity index is 1.40. The van der Waals surface area contributed by atoms with Crippen molar-refractivity contribution in [3.8, 4) is 5.75 Å². The molecule has 5 heteroatoms. The van der Waals surface area contributed by atoms with Gasteiger partial charge in [-0.3, -0.25) is 4.79 Å². The van der Waals surface area contributed by atoms with Gasteiger partial charge in [-0.25, -0.2) is 0 Å². The summed E-state index contributed by atoms with van der Waals surface area (Å²) in [4.78, 5) is 15.0. The van der Waals surface area contributed by atoms with E-state index >= 15 is 0 Å². The van der Waals surface area contributed by atoms with Crippen LogP contribution in [0.5, 0.6) is 5.75 Å². The number of benzene rings is 2. The number of hydrogen-bond acceptors (Lipinski definition) is 4. The van der Waals surface area contributed by atoms with Gasteiger partial charge in [-0.15, -0.1) is 0 Å². The van der Waals surface area contributed by atoms with Crippen LogP contribution in [0.1, 0.15) is 22.5 Å². The van der Waals surface area contributed by atoms with Crippen LogP contribution in [-0.4, -0.2) is 32.7 Å². The molecule has 2 aromatic carbocycles. The van der Waals surface area contributed by atoms with Crippen LogP contribution in [0.3, 0.4) is 0 Å². The molecule has 0 spiro atoms. The first-order valence-electron chi connectivity index (χ1n) is 9.31. The van der Waals surface area contributed by atoms with Gasteiger partial charge in [-0.2, -0.15) is 0 Å². The Morgan fingerprint density at radius 3 is 2.85 bits per heavy atom. The van der Waals surface area contributed by atoms with Crippen molar-refractivity contribution in [2.24, 2.45) is 5.92 Å². The van der Waals surface area contributed by atoms with Crippen molar-refractivity contribution in [1.82, 2.24) is 5.32 Å². The van der Waals surface area contributed by atoms with E-state index in [1.807, 2.05) is 31.2 Å². The molecular formula is C22H24N2O3. The molecule has 0 radical (unpaired) electrons. The summed E-state index contributed by atoms with van der Waals surface area (Å²) < 4.78 is 11.0. The molecule has 1 aliphatic heterocycles. The number of rotatable bonds is 5. The Hall–Kier alpha value is -2.95. The van der Waals surface area contributed by atoms with Crippen molar-refractivity contribution in [2.75, 3.05) is 31.6 Å². The molecule has 1 fully saturated rings. The molecule has 140 valence electrons. The van der Waals surface area contributed by atoms with Crippen LogP contribution in [-0.2, 0) is 0 Å². The van der Waals surface area contributed by atoms with Crippen LogP contribution in [0.4, 0.5) is 5.69 Å². The van der Waals surface area contributed by atoms with E-state index in [0.29, 0.717) is 23.8 Å². The normalized spacial score (nSPS) is 16.7. The number of fused-ring (bicyclic) bond motifs is 1. The van der Waals surface area contributed by atoms with Crippen molar-refractivity contribution < 1.29 is 13.9 Å². The number of ether oxygens (including phenoxy) is 1. The molecular weight excluding hydrogens is 340 g/mol. The zero-order chi connectivity index (χ0) is 18.8. The number of anilines is 1. The monoisotopic (exact) mass is 364 g/mol. The number of aryl methyl sites for hydroxylation is 1. The predicted molar refractivity (Wildman–Crippen MR) is 107 cm³/mol. The smallest absolute Gasteiger partial charge is 0.287 e. The largest absolute Gasteiger partial charge is 0.497 e. The van der Waals surface area contributed by atoms with E-state index in [2.05, 4.69) is 34.5 Å². The molecule has 5 nitrogen and oxygen atoms in total. The maximum absolute atomic E-state index is 12.6. The van der Waals surface area contributed by atoms with Gasteiger partial charge in [0.05, 0.1) is 7.11 Å². The zero-order valence-corrected chi connectivity index (χ0v) is 15.7. The minimum atomic E-state index is -0.152. The van der Waals surface area contributed by atoms with Crippen LogP contribution in [0.25, 0.3) is 11.0 Å². The molecule has 0 aliphatic carbocycles. The fourth-order valence-electron chi connectivity index (χ4n) is 3.73. The molecule has 1 aliphatic rings. The SMILES string of the molecule is COc1ccc2oc(C(=O)NCC3CCN(c4ccccc4)C3)c(C)c2c1. The molecule has 1 saturated heterocycles. The van der Waals surface area contributed by atoms with Gasteiger partial charge in [0.2, 0.25) is 0 Å². The third kappa shape index (κ3) is 3.50. The lowest BCUT2D eigenvalue weighted by atomic mass is 10.1. The zero-order valence-electron chi connectivity index (χ0n) is 15.7. The van der Waals surface area contributed by atoms with Gasteiger partial charge in [0.15, 0.2) is 5.76 Å². The van der Waals surface area contributed by atoms with Crippen LogP contribution in [0, 0.1) is 12.8 Å². The topological polar surface area (TPSA) is 54.7 Å². The molecule has 1 aromatic heterocycles. The van der Waals surface area contributed by atoms with Crippen molar-refractivity contribution in [2.45, 2.75) is 13.3 Å². The fourth-order valence-corrected chi connectivity index (χ4v) is 3.73.